The number of nitrogens with one attached hydrogen (secondary N) is 2. The van der Waals surface area contributed by atoms with Crippen molar-refractivity contribution in [2.75, 3.05) is 45.9 Å². The number of hydrogen-bond acceptors (Lipinski definition) is 3. The van der Waals surface area contributed by atoms with Crippen LogP contribution in [0.5, 0.6) is 5.75 Å². The molecule has 1 saturated heterocycles. The van der Waals surface area contributed by atoms with Crippen LogP contribution in [0.25, 0.3) is 0 Å². The van der Waals surface area contributed by atoms with E-state index in [2.05, 4.69) is 47.6 Å². The summed E-state index contributed by atoms with van der Waals surface area (Å²) in [5.41, 5.74) is 2.71. The second-order valence-electron chi connectivity index (χ2n) is 7.55. The van der Waals surface area contributed by atoms with Crippen LogP contribution >= 0.6 is 24.0 Å². The van der Waals surface area contributed by atoms with Crippen molar-refractivity contribution in [3.8, 4) is 5.75 Å². The molecule has 0 bridgehead atoms. The van der Waals surface area contributed by atoms with Gasteiger partial charge in [-0.1, -0.05) is 19.1 Å². The molecule has 152 valence electrons. The molecule has 1 fully saturated rings. The van der Waals surface area contributed by atoms with Crippen molar-refractivity contribution in [1.29, 1.82) is 0 Å². The Hall–Kier alpha value is -1.02. The summed E-state index contributed by atoms with van der Waals surface area (Å²) in [6.45, 7) is 11.6. The average Bonchev–Trinajstić information content (AvgIpc) is 3.30. The number of guanidine groups is 1. The molecule has 1 atom stereocenters. The SMILES string of the molecule is CCNC(=NCC(C)CN1CCCC1)NCCc1ccc2c(c1)CCO2.I. The van der Waals surface area contributed by atoms with Crippen molar-refractivity contribution in [2.45, 2.75) is 39.5 Å². The van der Waals surface area contributed by atoms with Gasteiger partial charge in [-0.25, -0.2) is 0 Å². The molecule has 2 heterocycles. The molecule has 2 aliphatic rings. The molecule has 1 aromatic carbocycles. The molecule has 0 spiro atoms. The standard InChI is InChI=1S/C21H34N4O.HI/c1-3-22-21(24-15-17(2)16-25-11-4-5-12-25)23-10-8-18-6-7-20-19(14-18)9-13-26-20;/h6-7,14,17H,3-5,8-13,15-16H2,1-2H3,(H2,22,23,24);1H. The van der Waals surface area contributed by atoms with Crippen LogP contribution in [-0.4, -0.2) is 56.7 Å². The van der Waals surface area contributed by atoms with Crippen LogP contribution in [0.4, 0.5) is 0 Å². The molecule has 5 nitrogen and oxygen atoms in total. The summed E-state index contributed by atoms with van der Waals surface area (Å²) in [6, 6.07) is 6.57. The van der Waals surface area contributed by atoms with Gasteiger partial charge in [0.2, 0.25) is 0 Å². The predicted octanol–water partition coefficient (Wildman–Crippen LogP) is 3.07. The first-order valence-corrected chi connectivity index (χ1v) is 10.2. The molecule has 27 heavy (non-hydrogen) atoms. The number of likely N-dealkylation sites (tertiary alicyclic amines) is 1. The van der Waals surface area contributed by atoms with E-state index in [9.17, 15) is 0 Å². The van der Waals surface area contributed by atoms with Gasteiger partial charge < -0.3 is 20.3 Å². The Labute approximate surface area is 181 Å². The summed E-state index contributed by atoms with van der Waals surface area (Å²) in [5.74, 6) is 2.59. The minimum atomic E-state index is 0. The quantitative estimate of drug-likeness (QED) is 0.337. The number of hydrogen-bond donors (Lipinski definition) is 2. The number of ether oxygens (including phenoxy) is 1. The van der Waals surface area contributed by atoms with E-state index < -0.39 is 0 Å². The lowest BCUT2D eigenvalue weighted by Crippen LogP contribution is -2.39. The Kier molecular flexibility index (Phi) is 9.68. The van der Waals surface area contributed by atoms with E-state index in [1.165, 1.54) is 43.6 Å². The molecule has 0 aromatic heterocycles. The molecule has 1 aromatic rings. The average molecular weight is 486 g/mol. The topological polar surface area (TPSA) is 48.9 Å². The van der Waals surface area contributed by atoms with Crippen LogP contribution in [0.1, 0.15) is 37.8 Å². The molecule has 2 aliphatic heterocycles. The zero-order chi connectivity index (χ0) is 18.2. The van der Waals surface area contributed by atoms with E-state index in [4.69, 9.17) is 9.73 Å². The third kappa shape index (κ3) is 7.14. The lowest BCUT2D eigenvalue weighted by molar-refractivity contribution is 0.291. The van der Waals surface area contributed by atoms with Gasteiger partial charge in [0.05, 0.1) is 6.61 Å². The summed E-state index contributed by atoms with van der Waals surface area (Å²) in [5, 5.41) is 6.84. The number of nitrogens with zero attached hydrogens (tertiary/aromatic N) is 2. The fourth-order valence-electron chi connectivity index (χ4n) is 3.77. The van der Waals surface area contributed by atoms with Gasteiger partial charge in [-0.15, -0.1) is 24.0 Å². The molecule has 1 unspecified atom stereocenters. The molecule has 0 radical (unpaired) electrons. The second-order valence-corrected chi connectivity index (χ2v) is 7.55. The summed E-state index contributed by atoms with van der Waals surface area (Å²) in [7, 11) is 0. The minimum Gasteiger partial charge on any atom is -0.493 e. The molecule has 0 amide bonds. The predicted molar refractivity (Wildman–Crippen MR) is 124 cm³/mol. The van der Waals surface area contributed by atoms with Crippen molar-refractivity contribution in [3.05, 3.63) is 29.3 Å². The lowest BCUT2D eigenvalue weighted by Gasteiger charge is -2.19. The third-order valence-corrected chi connectivity index (χ3v) is 5.13. The first-order chi connectivity index (χ1) is 12.7. The molecule has 0 saturated carbocycles. The number of aliphatic imine (C=N–C) groups is 1. The monoisotopic (exact) mass is 486 g/mol. The highest BCUT2D eigenvalue weighted by atomic mass is 127. The number of fused-ring (bicyclic) bond motifs is 1. The molecular formula is C21H35IN4O. The maximum absolute atomic E-state index is 5.58. The summed E-state index contributed by atoms with van der Waals surface area (Å²) < 4.78 is 5.58. The Bertz CT molecular complexity index is 602. The zero-order valence-electron chi connectivity index (χ0n) is 16.8. The van der Waals surface area contributed by atoms with E-state index in [0.29, 0.717) is 5.92 Å². The first kappa shape index (κ1) is 22.3. The molecular weight excluding hydrogens is 451 g/mol. The van der Waals surface area contributed by atoms with Gasteiger partial charge in [-0.3, -0.25) is 4.99 Å². The van der Waals surface area contributed by atoms with Gasteiger partial charge in [-0.2, -0.15) is 0 Å². The van der Waals surface area contributed by atoms with Gasteiger partial charge >= 0.3 is 0 Å². The highest BCUT2D eigenvalue weighted by Gasteiger charge is 2.14. The highest BCUT2D eigenvalue weighted by Crippen LogP contribution is 2.25. The van der Waals surface area contributed by atoms with Gasteiger partial charge in [0, 0.05) is 32.6 Å². The summed E-state index contributed by atoms with van der Waals surface area (Å²) in [6.07, 6.45) is 4.75. The van der Waals surface area contributed by atoms with Crippen molar-refractivity contribution in [3.63, 3.8) is 0 Å². The second kappa shape index (κ2) is 11.7. The van der Waals surface area contributed by atoms with Crippen molar-refractivity contribution < 1.29 is 4.74 Å². The van der Waals surface area contributed by atoms with Crippen LogP contribution in [0.3, 0.4) is 0 Å². The van der Waals surface area contributed by atoms with Gasteiger partial charge in [0.1, 0.15) is 5.75 Å². The number of rotatable bonds is 8. The zero-order valence-corrected chi connectivity index (χ0v) is 19.1. The summed E-state index contributed by atoms with van der Waals surface area (Å²) in [4.78, 5) is 7.36. The van der Waals surface area contributed by atoms with Crippen molar-refractivity contribution >= 4 is 29.9 Å². The van der Waals surface area contributed by atoms with E-state index in [0.717, 1.165) is 50.8 Å². The Balaban J connectivity index is 0.00000261. The largest absolute Gasteiger partial charge is 0.493 e. The Morgan fingerprint density at radius 2 is 2.07 bits per heavy atom. The van der Waals surface area contributed by atoms with Gasteiger partial charge in [0.15, 0.2) is 5.96 Å². The Morgan fingerprint density at radius 1 is 1.26 bits per heavy atom. The molecule has 2 N–H and O–H groups in total. The van der Waals surface area contributed by atoms with E-state index in [1.807, 2.05) is 0 Å². The van der Waals surface area contributed by atoms with Gasteiger partial charge in [-0.05, 0) is 62.4 Å². The fraction of sp³-hybridized carbons (Fsp3) is 0.667. The normalized spacial score (nSPS) is 17.8. The molecule has 3 rings (SSSR count). The smallest absolute Gasteiger partial charge is 0.191 e. The maximum Gasteiger partial charge on any atom is 0.191 e. The van der Waals surface area contributed by atoms with Crippen molar-refractivity contribution in [2.24, 2.45) is 10.9 Å². The summed E-state index contributed by atoms with van der Waals surface area (Å²) >= 11 is 0. The van der Waals surface area contributed by atoms with Crippen LogP contribution in [0.15, 0.2) is 23.2 Å². The van der Waals surface area contributed by atoms with Crippen molar-refractivity contribution in [1.82, 2.24) is 15.5 Å². The van der Waals surface area contributed by atoms with E-state index >= 15 is 0 Å². The minimum absolute atomic E-state index is 0. The molecule has 6 heteroatoms. The molecule has 0 aliphatic carbocycles. The maximum atomic E-state index is 5.58. The highest BCUT2D eigenvalue weighted by molar-refractivity contribution is 14.0. The van der Waals surface area contributed by atoms with Crippen LogP contribution < -0.4 is 15.4 Å². The van der Waals surface area contributed by atoms with E-state index in [-0.39, 0.29) is 24.0 Å². The fourth-order valence-corrected chi connectivity index (χ4v) is 3.77. The number of benzene rings is 1. The van der Waals surface area contributed by atoms with E-state index in [1.54, 1.807) is 0 Å². The third-order valence-electron chi connectivity index (χ3n) is 5.13. The Morgan fingerprint density at radius 3 is 2.85 bits per heavy atom. The first-order valence-electron chi connectivity index (χ1n) is 10.2. The number of halogens is 1. The lowest BCUT2D eigenvalue weighted by atomic mass is 10.1. The van der Waals surface area contributed by atoms with Crippen LogP contribution in [-0.2, 0) is 12.8 Å². The van der Waals surface area contributed by atoms with Crippen LogP contribution in [0.2, 0.25) is 0 Å². The van der Waals surface area contributed by atoms with Crippen LogP contribution in [0, 0.1) is 5.92 Å². The van der Waals surface area contributed by atoms with Gasteiger partial charge in [0.25, 0.3) is 0 Å².